The van der Waals surface area contributed by atoms with Gasteiger partial charge >= 0.3 is 0 Å². The van der Waals surface area contributed by atoms with Crippen LogP contribution in [-0.4, -0.2) is 13.6 Å². The summed E-state index contributed by atoms with van der Waals surface area (Å²) in [6.07, 6.45) is 7.83. The Morgan fingerprint density at radius 3 is 3.10 bits per heavy atom. The summed E-state index contributed by atoms with van der Waals surface area (Å²) < 4.78 is 0. The third kappa shape index (κ3) is 1.99. The molecule has 1 atom stereocenters. The molecule has 1 aliphatic carbocycles. The predicted octanol–water partition coefficient (Wildman–Crippen LogP) is 1.73. The molecular weight excluding hydrogens is 122 g/mol. The Hall–Kier alpha value is -0.560. The molecular formula is C9H15N. The van der Waals surface area contributed by atoms with Crippen molar-refractivity contribution in [3.63, 3.8) is 0 Å². The summed E-state index contributed by atoms with van der Waals surface area (Å²) in [7, 11) is 1.99. The van der Waals surface area contributed by atoms with E-state index in [-0.39, 0.29) is 0 Å². The first-order chi connectivity index (χ1) is 4.83. The summed E-state index contributed by atoms with van der Waals surface area (Å²) in [5.74, 6) is 0.730. The number of nitrogens with one attached hydrogen (secondary N) is 1. The van der Waals surface area contributed by atoms with Crippen LogP contribution in [0.3, 0.4) is 0 Å². The van der Waals surface area contributed by atoms with E-state index in [1.165, 1.54) is 12.0 Å². The molecule has 1 N–H and O–H groups in total. The maximum Gasteiger partial charge on any atom is 0.0164 e. The highest BCUT2D eigenvalue weighted by molar-refractivity contribution is 5.20. The number of allylic oxidation sites excluding steroid dienone is 3. The first kappa shape index (κ1) is 7.55. The van der Waals surface area contributed by atoms with E-state index in [4.69, 9.17) is 0 Å². The fourth-order valence-corrected chi connectivity index (χ4v) is 1.29. The molecule has 0 bridgehead atoms. The zero-order valence-corrected chi connectivity index (χ0v) is 6.72. The number of hydrogen-bond acceptors (Lipinski definition) is 1. The molecule has 0 heterocycles. The molecule has 0 unspecified atom stereocenters. The second-order valence-corrected chi connectivity index (χ2v) is 2.92. The van der Waals surface area contributed by atoms with E-state index in [0.717, 1.165) is 12.5 Å². The SMILES string of the molecule is CNCC1=CC=C[C@@H](C)C1. The summed E-state index contributed by atoms with van der Waals surface area (Å²) >= 11 is 0. The second kappa shape index (κ2) is 3.57. The Morgan fingerprint density at radius 2 is 2.50 bits per heavy atom. The van der Waals surface area contributed by atoms with Crippen LogP contribution >= 0.6 is 0 Å². The van der Waals surface area contributed by atoms with Gasteiger partial charge in [0, 0.05) is 6.54 Å². The largest absolute Gasteiger partial charge is 0.316 e. The van der Waals surface area contributed by atoms with Crippen molar-refractivity contribution in [1.82, 2.24) is 5.32 Å². The van der Waals surface area contributed by atoms with Gasteiger partial charge in [0.05, 0.1) is 0 Å². The van der Waals surface area contributed by atoms with Crippen molar-refractivity contribution in [2.75, 3.05) is 13.6 Å². The quantitative estimate of drug-likeness (QED) is 0.611. The minimum absolute atomic E-state index is 0.730. The standard InChI is InChI=1S/C9H15N/c1-8-4-3-5-9(6-8)7-10-2/h3-5,8,10H,6-7H2,1-2H3/t8-/m1/s1. The van der Waals surface area contributed by atoms with Crippen molar-refractivity contribution in [3.05, 3.63) is 23.8 Å². The van der Waals surface area contributed by atoms with Crippen molar-refractivity contribution < 1.29 is 0 Å². The molecule has 0 aliphatic heterocycles. The third-order valence-corrected chi connectivity index (χ3v) is 1.76. The molecule has 0 radical (unpaired) electrons. The molecule has 0 fully saturated rings. The van der Waals surface area contributed by atoms with Crippen molar-refractivity contribution in [3.8, 4) is 0 Å². The lowest BCUT2D eigenvalue weighted by molar-refractivity contribution is 0.678. The molecule has 0 spiro atoms. The summed E-state index contributed by atoms with van der Waals surface area (Å²) in [5.41, 5.74) is 1.51. The van der Waals surface area contributed by atoms with E-state index in [9.17, 15) is 0 Å². The molecule has 0 saturated carbocycles. The van der Waals surface area contributed by atoms with E-state index in [1.807, 2.05) is 7.05 Å². The fourth-order valence-electron chi connectivity index (χ4n) is 1.29. The predicted molar refractivity (Wildman–Crippen MR) is 44.9 cm³/mol. The van der Waals surface area contributed by atoms with Crippen LogP contribution in [0.1, 0.15) is 13.3 Å². The van der Waals surface area contributed by atoms with Gasteiger partial charge in [0.2, 0.25) is 0 Å². The van der Waals surface area contributed by atoms with Crippen molar-refractivity contribution in [2.45, 2.75) is 13.3 Å². The van der Waals surface area contributed by atoms with E-state index in [0.29, 0.717) is 0 Å². The Balaban J connectivity index is 2.45. The fraction of sp³-hybridized carbons (Fsp3) is 0.556. The molecule has 0 amide bonds. The smallest absolute Gasteiger partial charge is 0.0164 e. The van der Waals surface area contributed by atoms with Crippen molar-refractivity contribution in [1.29, 1.82) is 0 Å². The zero-order valence-electron chi connectivity index (χ0n) is 6.72. The zero-order chi connectivity index (χ0) is 7.40. The van der Waals surface area contributed by atoms with E-state index in [2.05, 4.69) is 30.5 Å². The summed E-state index contributed by atoms with van der Waals surface area (Å²) in [5, 5.41) is 3.16. The summed E-state index contributed by atoms with van der Waals surface area (Å²) in [6, 6.07) is 0. The van der Waals surface area contributed by atoms with Gasteiger partial charge in [-0.15, -0.1) is 0 Å². The van der Waals surface area contributed by atoms with Crippen LogP contribution in [0, 0.1) is 5.92 Å². The lowest BCUT2D eigenvalue weighted by Crippen LogP contribution is -2.13. The molecule has 0 saturated heterocycles. The molecule has 0 aromatic heterocycles. The first-order valence-electron chi connectivity index (χ1n) is 3.83. The topological polar surface area (TPSA) is 12.0 Å². The minimum Gasteiger partial charge on any atom is -0.316 e. The maximum atomic E-state index is 3.16. The van der Waals surface area contributed by atoms with Gasteiger partial charge in [-0.25, -0.2) is 0 Å². The minimum atomic E-state index is 0.730. The van der Waals surface area contributed by atoms with Crippen LogP contribution in [0.4, 0.5) is 0 Å². The van der Waals surface area contributed by atoms with Gasteiger partial charge < -0.3 is 5.32 Å². The third-order valence-electron chi connectivity index (χ3n) is 1.76. The average molecular weight is 137 g/mol. The van der Waals surface area contributed by atoms with E-state index >= 15 is 0 Å². The Bertz CT molecular complexity index is 156. The van der Waals surface area contributed by atoms with Gasteiger partial charge in [-0.2, -0.15) is 0 Å². The van der Waals surface area contributed by atoms with Gasteiger partial charge in [0.25, 0.3) is 0 Å². The van der Waals surface area contributed by atoms with E-state index in [1.54, 1.807) is 0 Å². The highest BCUT2D eigenvalue weighted by Gasteiger charge is 2.04. The van der Waals surface area contributed by atoms with Crippen molar-refractivity contribution >= 4 is 0 Å². The molecule has 1 aliphatic rings. The van der Waals surface area contributed by atoms with Gasteiger partial charge in [0.1, 0.15) is 0 Å². The Morgan fingerprint density at radius 1 is 1.70 bits per heavy atom. The van der Waals surface area contributed by atoms with Crippen LogP contribution in [0.25, 0.3) is 0 Å². The van der Waals surface area contributed by atoms with Gasteiger partial charge in [-0.05, 0) is 19.4 Å². The van der Waals surface area contributed by atoms with Gasteiger partial charge in [0.15, 0.2) is 0 Å². The van der Waals surface area contributed by atoms with Crippen LogP contribution < -0.4 is 5.32 Å². The van der Waals surface area contributed by atoms with E-state index < -0.39 is 0 Å². The number of rotatable bonds is 2. The highest BCUT2D eigenvalue weighted by atomic mass is 14.8. The molecule has 56 valence electrons. The Kier molecular flexibility index (Phi) is 2.69. The number of hydrogen-bond donors (Lipinski definition) is 1. The molecule has 10 heavy (non-hydrogen) atoms. The number of likely N-dealkylation sites (N-methyl/N-ethyl adjacent to an activating group) is 1. The van der Waals surface area contributed by atoms with Crippen LogP contribution in [0.5, 0.6) is 0 Å². The Labute approximate surface area is 62.8 Å². The highest BCUT2D eigenvalue weighted by Crippen LogP contribution is 2.16. The first-order valence-corrected chi connectivity index (χ1v) is 3.83. The lowest BCUT2D eigenvalue weighted by Gasteiger charge is -2.13. The van der Waals surface area contributed by atoms with Crippen LogP contribution in [-0.2, 0) is 0 Å². The van der Waals surface area contributed by atoms with Crippen LogP contribution in [0.2, 0.25) is 0 Å². The normalized spacial score (nSPS) is 24.6. The molecule has 1 heteroatoms. The summed E-state index contributed by atoms with van der Waals surface area (Å²) in [6.45, 7) is 3.29. The molecule has 1 rings (SSSR count). The van der Waals surface area contributed by atoms with Gasteiger partial charge in [-0.3, -0.25) is 0 Å². The lowest BCUT2D eigenvalue weighted by atomic mass is 9.96. The monoisotopic (exact) mass is 137 g/mol. The second-order valence-electron chi connectivity index (χ2n) is 2.92. The van der Waals surface area contributed by atoms with Crippen molar-refractivity contribution in [2.24, 2.45) is 5.92 Å². The van der Waals surface area contributed by atoms with Gasteiger partial charge in [-0.1, -0.05) is 30.7 Å². The molecule has 0 aromatic rings. The molecule has 1 nitrogen and oxygen atoms in total. The summed E-state index contributed by atoms with van der Waals surface area (Å²) in [4.78, 5) is 0. The molecule has 0 aromatic carbocycles. The average Bonchev–Trinajstić information content (AvgIpc) is 1.88. The van der Waals surface area contributed by atoms with Crippen LogP contribution in [0.15, 0.2) is 23.8 Å². The maximum absolute atomic E-state index is 3.16.